The number of thiazole rings is 1. The number of aliphatic hydroxyl groups excluding tert-OH is 4. The van der Waals surface area contributed by atoms with Gasteiger partial charge in [-0.1, -0.05) is 117 Å². The number of carbonyl (C=O) groups excluding carboxylic acids is 3. The van der Waals surface area contributed by atoms with Crippen LogP contribution >= 0.6 is 80.9 Å². The van der Waals surface area contributed by atoms with Crippen molar-refractivity contribution in [2.45, 2.75) is 99.7 Å². The number of β-amino-alcohol motifs (C(OH)–C–C–N with tert-alkyl or cyclic N) is 1. The highest BCUT2D eigenvalue weighted by Crippen LogP contribution is 2.45. The molecular formula is C94H91Cl6N9O15S2. The third-order valence-corrected chi connectivity index (χ3v) is 26.5. The van der Waals surface area contributed by atoms with Crippen molar-refractivity contribution in [2.75, 3.05) is 78.4 Å². The number of rotatable bonds is 21. The molecule has 2 fully saturated rings. The number of aromatic nitrogens is 4. The van der Waals surface area contributed by atoms with Crippen LogP contribution in [0, 0.1) is 0 Å². The molecule has 0 aliphatic carbocycles. The molecule has 2 saturated heterocycles. The highest BCUT2D eigenvalue weighted by Gasteiger charge is 2.40. The fraction of sp³-hybridized carbons (Fsp3) is 0.298. The first-order valence-corrected chi connectivity index (χ1v) is 46.6. The number of aromatic amines is 3. The van der Waals surface area contributed by atoms with E-state index in [2.05, 4.69) is 29.7 Å². The van der Waals surface area contributed by atoms with Gasteiger partial charge in [0.15, 0.2) is 9.84 Å². The molecule has 4 aromatic heterocycles. The van der Waals surface area contributed by atoms with Crippen LogP contribution in [0.1, 0.15) is 106 Å². The number of nitrogens with zero attached hydrogens (tertiary/aromatic N) is 6. The number of amides is 3. The van der Waals surface area contributed by atoms with E-state index in [0.717, 1.165) is 153 Å². The number of halogens is 6. The van der Waals surface area contributed by atoms with Gasteiger partial charge in [-0.05, 0) is 249 Å². The first kappa shape index (κ1) is 89.3. The number of ether oxygens (including phenoxy) is 6. The molecule has 126 heavy (non-hydrogen) atoms. The summed E-state index contributed by atoms with van der Waals surface area (Å²) in [5.41, 5.74) is 11.8. The Labute approximate surface area is 761 Å². The van der Waals surface area contributed by atoms with Gasteiger partial charge in [0.1, 0.15) is 64.8 Å². The zero-order valence-electron chi connectivity index (χ0n) is 68.4. The van der Waals surface area contributed by atoms with Gasteiger partial charge in [0.25, 0.3) is 5.19 Å². The summed E-state index contributed by atoms with van der Waals surface area (Å²) in [6.07, 6.45) is 6.12. The number of sulfone groups is 1. The standard InChI is InChI=1S/C33H35Cl2N3O5.C32H33Cl2N3O5.C29H23Cl2N3O5S2/c34-22-3-8-26(9-4-22)43-33(41)38-18-14-28-29-19-23(35)5-10-30(29)36-31(28)32(38)21-1-6-25(7-2-21)42-27-12-16-37(17-13-27)15-11-24(40)20-39;33-21-3-8-25(9-4-21)42-32(40)37-16-13-27-28-17-22(34)5-10-29(28)35-30(27)31(37)20-1-6-24(7-2-20)41-26-11-14-36(15-12-26)18-23(39)19-38;1-41(36,37)16-22-15-32-28(40-22)38-20-7-2-17(3-8-20)27-26-23(24-14-19(31)6-11-25(24)33-26)12-13-34(27)29(35)39-21-9-4-18(30)5-10-21/h1-10,19,24,27,32,36,39-40H,11-18,20H2;1-10,17,23,26,31,35,38-39H,11-16,18-19H2;2-11,14-15,27,33H,12-13,16H2,1H3/t24-,32-;23-,31-;27-/m000/s1. The van der Waals surface area contributed by atoms with E-state index in [1.54, 1.807) is 99.6 Å². The highest BCUT2D eigenvalue weighted by molar-refractivity contribution is 7.90. The number of piperidine rings is 2. The van der Waals surface area contributed by atoms with Crippen LogP contribution in [0.4, 0.5) is 14.4 Å². The van der Waals surface area contributed by atoms with E-state index in [4.69, 9.17) is 108 Å². The Kier molecular flexibility index (Phi) is 28.4. The second kappa shape index (κ2) is 40.1. The molecule has 5 aliphatic heterocycles. The molecule has 9 aromatic carbocycles. The van der Waals surface area contributed by atoms with Crippen LogP contribution in [0.25, 0.3) is 32.7 Å². The van der Waals surface area contributed by atoms with E-state index >= 15 is 0 Å². The van der Waals surface area contributed by atoms with Gasteiger partial charge in [0.05, 0.1) is 31.2 Å². The largest absolute Gasteiger partial charge is 0.490 e. The van der Waals surface area contributed by atoms with Gasteiger partial charge in [-0.2, -0.15) is 0 Å². The lowest BCUT2D eigenvalue weighted by atomic mass is 9.92. The van der Waals surface area contributed by atoms with Crippen molar-refractivity contribution < 1.29 is 71.6 Å². The molecule has 13 aromatic rings. The van der Waals surface area contributed by atoms with Gasteiger partial charge in [-0.3, -0.25) is 14.7 Å². The fourth-order valence-corrected chi connectivity index (χ4v) is 19.9. The number of fused-ring (bicyclic) bond motifs is 9. The monoisotopic (exact) mass is 1860 g/mol. The summed E-state index contributed by atoms with van der Waals surface area (Å²) in [7, 11) is -3.17. The molecule has 7 N–H and O–H groups in total. The number of likely N-dealkylation sites (tertiary alicyclic amines) is 2. The van der Waals surface area contributed by atoms with Crippen molar-refractivity contribution in [3.05, 3.63) is 292 Å². The molecule has 0 saturated carbocycles. The molecule has 5 aliphatic rings. The molecule has 32 heteroatoms. The average molecular weight is 1860 g/mol. The van der Waals surface area contributed by atoms with Gasteiger partial charge >= 0.3 is 18.3 Å². The summed E-state index contributed by atoms with van der Waals surface area (Å²) in [5.74, 6) is 3.25. The molecule has 0 spiro atoms. The maximum atomic E-state index is 13.6. The molecule has 3 amide bonds. The summed E-state index contributed by atoms with van der Waals surface area (Å²) in [4.78, 5) is 65.6. The molecule has 0 unspecified atom stereocenters. The zero-order valence-corrected chi connectivity index (χ0v) is 74.5. The quantitative estimate of drug-likeness (QED) is 0.0352. The zero-order chi connectivity index (χ0) is 87.9. The Hall–Kier alpha value is -10.1. The lowest BCUT2D eigenvalue weighted by molar-refractivity contribution is 0.0346. The van der Waals surface area contributed by atoms with Crippen LogP contribution in [-0.2, 0) is 34.9 Å². The van der Waals surface area contributed by atoms with E-state index < -0.39 is 52.4 Å². The predicted molar refractivity (Wildman–Crippen MR) is 490 cm³/mol. The van der Waals surface area contributed by atoms with Gasteiger partial charge in [-0.25, -0.2) is 27.8 Å². The van der Waals surface area contributed by atoms with Crippen LogP contribution in [0.15, 0.2) is 206 Å². The van der Waals surface area contributed by atoms with Crippen LogP contribution in [0.2, 0.25) is 30.1 Å². The van der Waals surface area contributed by atoms with Crippen LogP contribution in [0.3, 0.4) is 0 Å². The molecule has 9 heterocycles. The normalized spacial score (nSPS) is 17.4. The van der Waals surface area contributed by atoms with Crippen molar-refractivity contribution in [1.29, 1.82) is 0 Å². The lowest BCUT2D eigenvalue weighted by Crippen LogP contribution is -2.42. The van der Waals surface area contributed by atoms with Crippen LogP contribution in [0.5, 0.6) is 39.7 Å². The maximum absolute atomic E-state index is 13.6. The van der Waals surface area contributed by atoms with Crippen molar-refractivity contribution in [3.8, 4) is 39.7 Å². The Morgan fingerprint density at radius 2 is 0.778 bits per heavy atom. The van der Waals surface area contributed by atoms with E-state index in [1.807, 2.05) is 115 Å². The van der Waals surface area contributed by atoms with Gasteiger partial charge in [0.2, 0.25) is 0 Å². The number of aliphatic hydroxyl groups is 4. The van der Waals surface area contributed by atoms with E-state index in [-0.39, 0.29) is 37.2 Å². The van der Waals surface area contributed by atoms with E-state index in [9.17, 15) is 33.0 Å². The van der Waals surface area contributed by atoms with Crippen molar-refractivity contribution in [3.63, 3.8) is 0 Å². The third kappa shape index (κ3) is 21.7. The average Bonchev–Trinajstić information content (AvgIpc) is 1.60. The predicted octanol–water partition coefficient (Wildman–Crippen LogP) is 19.4. The number of carbonyl (C=O) groups is 3. The van der Waals surface area contributed by atoms with Gasteiger partial charge < -0.3 is 73.6 Å². The molecule has 0 radical (unpaired) electrons. The number of nitrogens with one attached hydrogen (secondary N) is 3. The van der Waals surface area contributed by atoms with Gasteiger partial charge in [-0.15, -0.1) is 0 Å². The van der Waals surface area contributed by atoms with Gasteiger partial charge in [0, 0.05) is 156 Å². The smallest absolute Gasteiger partial charge is 0.416 e. The highest BCUT2D eigenvalue weighted by atomic mass is 35.5. The Balaban J connectivity index is 0.000000139. The summed E-state index contributed by atoms with van der Waals surface area (Å²) in [6.45, 7) is 5.59. The Bertz CT molecular complexity index is 6110. The summed E-state index contributed by atoms with van der Waals surface area (Å²) < 4.78 is 59.0. The van der Waals surface area contributed by atoms with Crippen LogP contribution < -0.4 is 28.4 Å². The molecule has 656 valence electrons. The molecule has 0 bridgehead atoms. The second-order valence-corrected chi connectivity index (χ2v) is 37.7. The Morgan fingerprint density at radius 1 is 0.444 bits per heavy atom. The molecule has 18 rings (SSSR count). The number of H-pyrrole nitrogens is 3. The van der Waals surface area contributed by atoms with Crippen molar-refractivity contribution in [1.82, 2.24) is 44.4 Å². The summed E-state index contributed by atoms with van der Waals surface area (Å²) in [6, 6.07) is 59.5. The minimum Gasteiger partial charge on any atom is -0.490 e. The topological polar surface area (TPSA) is 298 Å². The van der Waals surface area contributed by atoms with Crippen LogP contribution in [-0.4, -0.2) is 194 Å². The third-order valence-electron chi connectivity index (χ3n) is 23.1. The van der Waals surface area contributed by atoms with Crippen molar-refractivity contribution >= 4 is 142 Å². The minimum absolute atomic E-state index is 0.0731. The first-order valence-electron chi connectivity index (χ1n) is 41.5. The minimum atomic E-state index is -3.17. The second-order valence-electron chi connectivity index (χ2n) is 31.8. The van der Waals surface area contributed by atoms with Crippen molar-refractivity contribution in [2.24, 2.45) is 0 Å². The fourth-order valence-electron chi connectivity index (χ4n) is 17.0. The molecule has 5 atom stereocenters. The number of benzene rings is 9. The first-order chi connectivity index (χ1) is 60.9. The molecular weight excluding hydrogens is 1770 g/mol. The number of hydrogen-bond acceptors (Lipinski definition) is 19. The maximum Gasteiger partial charge on any atom is 0.416 e. The van der Waals surface area contributed by atoms with E-state index in [0.29, 0.717) is 115 Å². The van der Waals surface area contributed by atoms with E-state index in [1.165, 1.54) is 23.8 Å². The SMILES string of the molecule is CS(=O)(=O)Cc1cnc(Oc2ccc([C@H]3c4[nH]c5ccc(Cl)cc5c4CCN3C(=O)Oc3ccc(Cl)cc3)cc2)s1.O=C(Oc1ccc(Cl)cc1)N1CCc2c([nH]c3ccc(Cl)cc23)[C@@H]1c1ccc(OC2CCN(CC[C@H](O)CO)CC2)cc1.O=C(Oc1ccc(Cl)cc1)N1CCc2c([nH]c3ccc(Cl)cc23)[C@@H]1c1ccc(OC2CCN(C[C@H](O)CO)CC2)cc1. The Morgan fingerprint density at radius 3 is 1.13 bits per heavy atom. The lowest BCUT2D eigenvalue weighted by Gasteiger charge is -2.35. The number of hydrogen-bond donors (Lipinski definition) is 7. The summed E-state index contributed by atoms with van der Waals surface area (Å²) >= 11 is 38.2. The molecule has 24 nitrogen and oxygen atoms in total. The summed E-state index contributed by atoms with van der Waals surface area (Å²) in [5, 5.41) is 44.7.